The number of aromatic nitrogens is 1. The predicted molar refractivity (Wildman–Crippen MR) is 103 cm³/mol. The van der Waals surface area contributed by atoms with Gasteiger partial charge >= 0.3 is 0 Å². The number of nitrogens with one attached hydrogen (secondary N) is 2. The van der Waals surface area contributed by atoms with Crippen molar-refractivity contribution in [3.8, 4) is 5.75 Å². The van der Waals surface area contributed by atoms with E-state index in [2.05, 4.69) is 15.6 Å². The number of hydrogen-bond acceptors (Lipinski definition) is 7. The molecule has 3 aromatic rings. The van der Waals surface area contributed by atoms with Crippen molar-refractivity contribution in [3.63, 3.8) is 0 Å². The van der Waals surface area contributed by atoms with Gasteiger partial charge in [0.05, 0.1) is 10.2 Å². The second kappa shape index (κ2) is 8.11. The van der Waals surface area contributed by atoms with E-state index < -0.39 is 6.17 Å². The number of thiazole rings is 1. The lowest BCUT2D eigenvalue weighted by atomic mass is 10.2. The molecule has 1 atom stereocenters. The summed E-state index contributed by atoms with van der Waals surface area (Å²) in [6.07, 6.45) is -0.432. The number of likely N-dealkylation sites (N-methyl/N-ethyl adjacent to an activating group) is 1. The average molecular weight is 372 g/mol. The van der Waals surface area contributed by atoms with Crippen LogP contribution in [0.2, 0.25) is 0 Å². The van der Waals surface area contributed by atoms with Gasteiger partial charge < -0.3 is 10.1 Å². The summed E-state index contributed by atoms with van der Waals surface area (Å²) in [5.74, 6) is 0.739. The van der Waals surface area contributed by atoms with Gasteiger partial charge in [-0.2, -0.15) is 0 Å². The molecule has 0 amide bonds. The molecule has 136 valence electrons. The molecule has 7 nitrogen and oxygen atoms in total. The molecule has 0 spiro atoms. The molecule has 0 aliphatic heterocycles. The standard InChI is InChI=1S/C18H20N4O3S/c1-12-9-13(7-8-14(12)20-17(19-2)10-22(23)24)25-11-18-21-15-5-3-4-6-16(15)26-18/h3-9,17,19-20H,10-11H2,1-2H3. The van der Waals surface area contributed by atoms with Gasteiger partial charge in [-0.05, 0) is 49.9 Å². The van der Waals surface area contributed by atoms with Crippen molar-refractivity contribution in [2.75, 3.05) is 18.9 Å². The Morgan fingerprint density at radius 1 is 1.31 bits per heavy atom. The summed E-state index contributed by atoms with van der Waals surface area (Å²) in [6, 6.07) is 13.6. The van der Waals surface area contributed by atoms with Crippen molar-refractivity contribution in [1.29, 1.82) is 0 Å². The van der Waals surface area contributed by atoms with E-state index in [4.69, 9.17) is 4.74 Å². The van der Waals surface area contributed by atoms with Crippen molar-refractivity contribution in [1.82, 2.24) is 10.3 Å². The molecule has 26 heavy (non-hydrogen) atoms. The van der Waals surface area contributed by atoms with E-state index >= 15 is 0 Å². The van der Waals surface area contributed by atoms with Gasteiger partial charge in [-0.15, -0.1) is 11.3 Å². The third kappa shape index (κ3) is 4.47. The fourth-order valence-corrected chi connectivity index (χ4v) is 3.44. The first-order valence-corrected chi connectivity index (χ1v) is 9.00. The van der Waals surface area contributed by atoms with Gasteiger partial charge in [0, 0.05) is 10.6 Å². The highest BCUT2D eigenvalue weighted by Gasteiger charge is 2.14. The van der Waals surface area contributed by atoms with E-state index in [1.165, 1.54) is 0 Å². The largest absolute Gasteiger partial charge is 0.486 e. The van der Waals surface area contributed by atoms with E-state index in [9.17, 15) is 10.1 Å². The summed E-state index contributed by atoms with van der Waals surface area (Å²) < 4.78 is 6.99. The minimum atomic E-state index is -0.432. The van der Waals surface area contributed by atoms with Crippen molar-refractivity contribution >= 4 is 27.2 Å². The maximum atomic E-state index is 10.7. The van der Waals surface area contributed by atoms with Gasteiger partial charge in [0.1, 0.15) is 23.5 Å². The SMILES string of the molecule is CNC(C[N+](=O)[O-])Nc1ccc(OCc2nc3ccccc3s2)cc1C. The molecule has 3 rings (SSSR count). The number of fused-ring (bicyclic) bond motifs is 1. The molecular formula is C18H20N4O3S. The lowest BCUT2D eigenvalue weighted by Crippen LogP contribution is -2.39. The number of anilines is 1. The number of nitrogens with zero attached hydrogens (tertiary/aromatic N) is 2. The number of para-hydroxylation sites is 1. The van der Waals surface area contributed by atoms with Crippen LogP contribution in [0.4, 0.5) is 5.69 Å². The van der Waals surface area contributed by atoms with Crippen LogP contribution in [0, 0.1) is 17.0 Å². The van der Waals surface area contributed by atoms with E-state index in [1.54, 1.807) is 18.4 Å². The minimum Gasteiger partial charge on any atom is -0.486 e. The Labute approximate surface area is 155 Å². The summed E-state index contributed by atoms with van der Waals surface area (Å²) in [5.41, 5.74) is 2.77. The Kier molecular flexibility index (Phi) is 5.65. The smallest absolute Gasteiger partial charge is 0.236 e. The summed E-state index contributed by atoms with van der Waals surface area (Å²) >= 11 is 1.62. The number of ether oxygens (including phenoxy) is 1. The second-order valence-corrected chi connectivity index (χ2v) is 6.96. The highest BCUT2D eigenvalue weighted by molar-refractivity contribution is 7.18. The predicted octanol–water partition coefficient (Wildman–Crippen LogP) is 3.42. The fourth-order valence-electron chi connectivity index (χ4n) is 2.56. The number of aryl methyl sites for hydroxylation is 1. The van der Waals surface area contributed by atoms with Gasteiger partial charge in [0.25, 0.3) is 0 Å². The molecule has 0 aliphatic carbocycles. The van der Waals surface area contributed by atoms with Gasteiger partial charge in [0.2, 0.25) is 6.54 Å². The van der Waals surface area contributed by atoms with E-state index in [0.717, 1.165) is 32.2 Å². The fraction of sp³-hybridized carbons (Fsp3) is 0.278. The molecule has 0 bridgehead atoms. The van der Waals surface area contributed by atoms with Crippen molar-refractivity contribution in [2.24, 2.45) is 0 Å². The Morgan fingerprint density at radius 3 is 2.81 bits per heavy atom. The first kappa shape index (κ1) is 18.1. The first-order chi connectivity index (χ1) is 12.5. The third-order valence-corrected chi connectivity index (χ3v) is 4.92. The molecule has 0 aliphatic rings. The molecule has 0 saturated carbocycles. The summed E-state index contributed by atoms with van der Waals surface area (Å²) in [4.78, 5) is 14.9. The molecule has 8 heteroatoms. The molecule has 0 fully saturated rings. The van der Waals surface area contributed by atoms with Crippen LogP contribution in [0.3, 0.4) is 0 Å². The third-order valence-electron chi connectivity index (χ3n) is 3.91. The Hall–Kier alpha value is -2.71. The summed E-state index contributed by atoms with van der Waals surface area (Å²) in [7, 11) is 1.69. The summed E-state index contributed by atoms with van der Waals surface area (Å²) in [5, 5.41) is 17.6. The van der Waals surface area contributed by atoms with Crippen molar-refractivity contribution in [3.05, 3.63) is 63.1 Å². The van der Waals surface area contributed by atoms with Gasteiger partial charge in [0.15, 0.2) is 0 Å². The van der Waals surface area contributed by atoms with Crippen molar-refractivity contribution in [2.45, 2.75) is 19.7 Å². The number of nitro groups is 1. The Bertz CT molecular complexity index is 879. The zero-order chi connectivity index (χ0) is 18.5. The van der Waals surface area contributed by atoms with Gasteiger partial charge in [-0.25, -0.2) is 4.98 Å². The van der Waals surface area contributed by atoms with Crippen LogP contribution in [0.15, 0.2) is 42.5 Å². The topological polar surface area (TPSA) is 89.3 Å². The Balaban J connectivity index is 1.64. The number of hydrogen-bond donors (Lipinski definition) is 2. The number of benzene rings is 2. The quantitative estimate of drug-likeness (QED) is 0.358. The van der Waals surface area contributed by atoms with Crippen LogP contribution in [-0.4, -0.2) is 29.7 Å². The Morgan fingerprint density at radius 2 is 2.12 bits per heavy atom. The first-order valence-electron chi connectivity index (χ1n) is 8.18. The monoisotopic (exact) mass is 372 g/mol. The normalized spacial score (nSPS) is 12.1. The molecule has 2 aromatic carbocycles. The lowest BCUT2D eigenvalue weighted by molar-refractivity contribution is -0.482. The molecular weight excluding hydrogens is 352 g/mol. The minimum absolute atomic E-state index is 0.203. The maximum Gasteiger partial charge on any atom is 0.236 e. The average Bonchev–Trinajstić information content (AvgIpc) is 3.03. The van der Waals surface area contributed by atoms with Crippen molar-refractivity contribution < 1.29 is 9.66 Å². The van der Waals surface area contributed by atoms with Gasteiger partial charge in [-0.3, -0.25) is 15.4 Å². The summed E-state index contributed by atoms with van der Waals surface area (Å²) in [6.45, 7) is 2.14. The van der Waals surface area contributed by atoms with Crippen LogP contribution < -0.4 is 15.4 Å². The number of rotatable bonds is 8. The molecule has 2 N–H and O–H groups in total. The van der Waals surface area contributed by atoms with Crippen LogP contribution in [0.5, 0.6) is 5.75 Å². The molecule has 1 aromatic heterocycles. The second-order valence-electron chi connectivity index (χ2n) is 5.84. The molecule has 1 unspecified atom stereocenters. The van der Waals surface area contributed by atoms with Crippen LogP contribution in [0.25, 0.3) is 10.2 Å². The van der Waals surface area contributed by atoms with Crippen LogP contribution in [0.1, 0.15) is 10.6 Å². The zero-order valence-electron chi connectivity index (χ0n) is 14.6. The molecule has 0 saturated heterocycles. The van der Waals surface area contributed by atoms with E-state index in [0.29, 0.717) is 6.61 Å². The highest BCUT2D eigenvalue weighted by Crippen LogP contribution is 2.25. The maximum absolute atomic E-state index is 10.7. The highest BCUT2D eigenvalue weighted by atomic mass is 32.1. The van der Waals surface area contributed by atoms with Crippen LogP contribution in [-0.2, 0) is 6.61 Å². The van der Waals surface area contributed by atoms with E-state index in [1.807, 2.05) is 49.4 Å². The lowest BCUT2D eigenvalue weighted by Gasteiger charge is -2.17. The zero-order valence-corrected chi connectivity index (χ0v) is 15.4. The molecule has 0 radical (unpaired) electrons. The molecule has 1 heterocycles. The van der Waals surface area contributed by atoms with Gasteiger partial charge in [-0.1, -0.05) is 12.1 Å². The van der Waals surface area contributed by atoms with Crippen LogP contribution >= 0.6 is 11.3 Å². The van der Waals surface area contributed by atoms with E-state index in [-0.39, 0.29) is 11.5 Å².